The van der Waals surface area contributed by atoms with Crippen LogP contribution in [0.25, 0.3) is 0 Å². The van der Waals surface area contributed by atoms with E-state index in [2.05, 4.69) is 20.9 Å². The van der Waals surface area contributed by atoms with Crippen molar-refractivity contribution >= 4 is 50.1 Å². The van der Waals surface area contributed by atoms with Gasteiger partial charge < -0.3 is 0 Å². The van der Waals surface area contributed by atoms with Gasteiger partial charge in [-0.05, 0) is 28.2 Å². The summed E-state index contributed by atoms with van der Waals surface area (Å²) in [6.45, 7) is 0. The molecule has 72 valence electrons. The average molecular weight is 382 g/mol. The molecule has 6 heteroatoms. The van der Waals surface area contributed by atoms with Crippen molar-refractivity contribution in [3.8, 4) is 0 Å². The van der Waals surface area contributed by atoms with Crippen LogP contribution in [0.1, 0.15) is 17.6 Å². The molecule has 0 aliphatic carbocycles. The maximum absolute atomic E-state index is 12.5. The van der Waals surface area contributed by atoms with E-state index < -0.39 is 6.43 Å². The van der Waals surface area contributed by atoms with E-state index in [-0.39, 0.29) is 10.7 Å². The molecule has 0 atom stereocenters. The molecule has 0 amide bonds. The minimum atomic E-state index is -2.58. The highest BCUT2D eigenvalue weighted by atomic mass is 127. The van der Waals surface area contributed by atoms with Crippen molar-refractivity contribution in [3.05, 3.63) is 26.0 Å². The summed E-state index contributed by atoms with van der Waals surface area (Å²) < 4.78 is 25.4. The fourth-order valence-corrected chi connectivity index (χ4v) is 2.96. The van der Waals surface area contributed by atoms with E-state index in [1.54, 1.807) is 0 Å². The molecule has 0 aromatic carbocycles. The van der Waals surface area contributed by atoms with Gasteiger partial charge in [0.05, 0.1) is 5.56 Å². The standard InChI is InChI=1S/C7H4BrClF2IN/c8-1-3-2-13-6(9)4(5(3)12)7(10)11/h2,7H,1H2. The molecule has 0 aliphatic rings. The Labute approximate surface area is 101 Å². The van der Waals surface area contributed by atoms with Gasteiger partial charge in [-0.2, -0.15) is 0 Å². The first-order valence-corrected chi connectivity index (χ1v) is 5.82. The predicted molar refractivity (Wildman–Crippen MR) is 59.6 cm³/mol. The number of hydrogen-bond acceptors (Lipinski definition) is 1. The van der Waals surface area contributed by atoms with Crippen molar-refractivity contribution < 1.29 is 8.78 Å². The average Bonchev–Trinajstić information content (AvgIpc) is 2.04. The van der Waals surface area contributed by atoms with E-state index in [9.17, 15) is 8.78 Å². The zero-order valence-corrected chi connectivity index (χ0v) is 10.7. The molecular formula is C7H4BrClF2IN. The number of rotatable bonds is 2. The van der Waals surface area contributed by atoms with Crippen LogP contribution in [-0.2, 0) is 5.33 Å². The molecule has 0 saturated heterocycles. The van der Waals surface area contributed by atoms with Crippen LogP contribution >= 0.6 is 50.1 Å². The van der Waals surface area contributed by atoms with Gasteiger partial charge in [-0.15, -0.1) is 0 Å². The topological polar surface area (TPSA) is 12.9 Å². The molecule has 1 aromatic rings. The van der Waals surface area contributed by atoms with Crippen LogP contribution in [0.4, 0.5) is 8.78 Å². The molecule has 13 heavy (non-hydrogen) atoms. The van der Waals surface area contributed by atoms with Crippen molar-refractivity contribution in [3.63, 3.8) is 0 Å². The fourth-order valence-electron chi connectivity index (χ4n) is 0.803. The number of aromatic nitrogens is 1. The summed E-state index contributed by atoms with van der Waals surface area (Å²) in [4.78, 5) is 3.68. The first-order valence-electron chi connectivity index (χ1n) is 3.24. The van der Waals surface area contributed by atoms with E-state index in [0.29, 0.717) is 8.90 Å². The second kappa shape index (κ2) is 4.84. The SMILES string of the molecule is FC(F)c1c(Cl)ncc(CBr)c1I. The third-order valence-corrected chi connectivity index (χ3v) is 3.62. The van der Waals surface area contributed by atoms with E-state index >= 15 is 0 Å². The Morgan fingerprint density at radius 3 is 2.69 bits per heavy atom. The maximum atomic E-state index is 12.5. The largest absolute Gasteiger partial charge is 0.267 e. The van der Waals surface area contributed by atoms with Crippen molar-refractivity contribution in [2.45, 2.75) is 11.8 Å². The van der Waals surface area contributed by atoms with Gasteiger partial charge in [0.25, 0.3) is 6.43 Å². The first kappa shape index (κ1) is 11.6. The first-order chi connectivity index (χ1) is 6.07. The second-order valence-electron chi connectivity index (χ2n) is 2.24. The number of halogens is 5. The van der Waals surface area contributed by atoms with Gasteiger partial charge in [0.2, 0.25) is 0 Å². The highest BCUT2D eigenvalue weighted by Gasteiger charge is 2.19. The van der Waals surface area contributed by atoms with Gasteiger partial charge in [0.15, 0.2) is 0 Å². The van der Waals surface area contributed by atoms with Crippen LogP contribution in [0.3, 0.4) is 0 Å². The van der Waals surface area contributed by atoms with Crippen LogP contribution in [0.5, 0.6) is 0 Å². The zero-order chi connectivity index (χ0) is 10.0. The Balaban J connectivity index is 3.30. The van der Waals surface area contributed by atoms with Gasteiger partial charge >= 0.3 is 0 Å². The third kappa shape index (κ3) is 2.50. The minimum absolute atomic E-state index is 0.121. The molecule has 0 unspecified atom stereocenters. The number of nitrogens with zero attached hydrogens (tertiary/aromatic N) is 1. The van der Waals surface area contributed by atoms with E-state index in [4.69, 9.17) is 11.6 Å². The van der Waals surface area contributed by atoms with Gasteiger partial charge in [-0.1, -0.05) is 27.5 Å². The van der Waals surface area contributed by atoms with E-state index in [1.165, 1.54) is 6.20 Å². The lowest BCUT2D eigenvalue weighted by Crippen LogP contribution is -1.98. The molecule has 0 spiro atoms. The zero-order valence-electron chi connectivity index (χ0n) is 6.20. The predicted octanol–water partition coefficient (Wildman–Crippen LogP) is 4.17. The lowest BCUT2D eigenvalue weighted by Gasteiger charge is -2.08. The Bertz CT molecular complexity index is 322. The Morgan fingerprint density at radius 2 is 2.23 bits per heavy atom. The molecule has 0 bridgehead atoms. The summed E-state index contributed by atoms with van der Waals surface area (Å²) in [6, 6.07) is 0. The molecule has 1 nitrogen and oxygen atoms in total. The fraction of sp³-hybridized carbons (Fsp3) is 0.286. The summed E-state index contributed by atoms with van der Waals surface area (Å²) in [5, 5.41) is 0.374. The Kier molecular flexibility index (Phi) is 4.31. The number of alkyl halides is 3. The summed E-state index contributed by atoms with van der Waals surface area (Å²) in [7, 11) is 0. The Hall–Kier alpha value is 0.510. The van der Waals surface area contributed by atoms with Crippen molar-refractivity contribution in [1.82, 2.24) is 4.98 Å². The van der Waals surface area contributed by atoms with E-state index in [1.807, 2.05) is 22.6 Å². The van der Waals surface area contributed by atoms with Crippen molar-refractivity contribution in [2.24, 2.45) is 0 Å². The highest BCUT2D eigenvalue weighted by Crippen LogP contribution is 2.32. The smallest absolute Gasteiger partial charge is 0.244 e. The summed E-state index contributed by atoms with van der Waals surface area (Å²) in [5.74, 6) is 0. The van der Waals surface area contributed by atoms with Crippen LogP contribution < -0.4 is 0 Å². The molecule has 0 radical (unpaired) electrons. The van der Waals surface area contributed by atoms with E-state index in [0.717, 1.165) is 5.56 Å². The monoisotopic (exact) mass is 381 g/mol. The van der Waals surface area contributed by atoms with Crippen LogP contribution in [0.2, 0.25) is 5.15 Å². The lowest BCUT2D eigenvalue weighted by molar-refractivity contribution is 0.150. The molecule has 0 saturated carbocycles. The summed E-state index contributed by atoms with van der Waals surface area (Å²) in [5.41, 5.74) is 0.541. The van der Waals surface area contributed by atoms with Crippen LogP contribution in [0, 0.1) is 3.57 Å². The summed E-state index contributed by atoms with van der Waals surface area (Å²) in [6.07, 6.45) is -1.09. The van der Waals surface area contributed by atoms with Gasteiger partial charge in [0.1, 0.15) is 5.15 Å². The highest BCUT2D eigenvalue weighted by molar-refractivity contribution is 14.1. The molecule has 0 N–H and O–H groups in total. The van der Waals surface area contributed by atoms with Gasteiger partial charge in [0, 0.05) is 15.1 Å². The number of hydrogen-bond donors (Lipinski definition) is 0. The van der Waals surface area contributed by atoms with Crippen LogP contribution in [-0.4, -0.2) is 4.98 Å². The normalized spacial score (nSPS) is 10.9. The molecule has 1 aromatic heterocycles. The third-order valence-electron chi connectivity index (χ3n) is 1.44. The molecule has 1 rings (SSSR count). The van der Waals surface area contributed by atoms with Crippen LogP contribution in [0.15, 0.2) is 6.20 Å². The molecular weight excluding hydrogens is 378 g/mol. The van der Waals surface area contributed by atoms with Crippen molar-refractivity contribution in [1.29, 1.82) is 0 Å². The summed E-state index contributed by atoms with van der Waals surface area (Å²) >= 11 is 10.6. The quantitative estimate of drug-likeness (QED) is 0.425. The second-order valence-corrected chi connectivity index (χ2v) is 4.23. The maximum Gasteiger partial charge on any atom is 0.267 e. The van der Waals surface area contributed by atoms with Gasteiger partial charge in [-0.3, -0.25) is 0 Å². The molecule has 0 aliphatic heterocycles. The minimum Gasteiger partial charge on any atom is -0.244 e. The lowest BCUT2D eigenvalue weighted by atomic mass is 10.2. The van der Waals surface area contributed by atoms with Gasteiger partial charge in [-0.25, -0.2) is 13.8 Å². The molecule has 1 heterocycles. The number of pyridine rings is 1. The molecule has 0 fully saturated rings. The van der Waals surface area contributed by atoms with Crippen molar-refractivity contribution in [2.75, 3.05) is 0 Å². The Morgan fingerprint density at radius 1 is 1.62 bits per heavy atom.